The molecule has 0 atom stereocenters. The Morgan fingerprint density at radius 1 is 1.47 bits per heavy atom. The van der Waals surface area contributed by atoms with Gasteiger partial charge in [0.2, 0.25) is 0 Å². The molecule has 2 aromatic heterocycles. The van der Waals surface area contributed by atoms with Crippen molar-refractivity contribution in [2.24, 2.45) is 7.05 Å². The van der Waals surface area contributed by atoms with Crippen molar-refractivity contribution in [1.29, 1.82) is 0 Å². The molecule has 0 aliphatic heterocycles. The van der Waals surface area contributed by atoms with Crippen molar-refractivity contribution >= 4 is 17.7 Å². The number of methoxy groups -OCH3 is 1. The molecule has 7 nitrogen and oxygen atoms in total. The van der Waals surface area contributed by atoms with E-state index in [2.05, 4.69) is 19.7 Å². The Morgan fingerprint density at radius 3 is 2.89 bits per heavy atom. The van der Waals surface area contributed by atoms with Gasteiger partial charge in [-0.15, -0.1) is 0 Å². The van der Waals surface area contributed by atoms with Gasteiger partial charge in [0.05, 0.1) is 38.0 Å². The summed E-state index contributed by atoms with van der Waals surface area (Å²) < 4.78 is 6.33. The number of esters is 1. The zero-order valence-corrected chi connectivity index (χ0v) is 11.2. The second-order valence-electron chi connectivity index (χ2n) is 3.59. The predicted octanol–water partition coefficient (Wildman–Crippen LogP) is 0.640. The van der Waals surface area contributed by atoms with Crippen LogP contribution in [0.5, 0.6) is 0 Å². The normalized spacial score (nSPS) is 10.5. The van der Waals surface area contributed by atoms with Crippen LogP contribution in [0.1, 0.15) is 16.2 Å². The first-order chi connectivity index (χ1) is 9.15. The maximum atomic E-state index is 11.3. The maximum Gasteiger partial charge on any atom is 0.358 e. The second kappa shape index (κ2) is 5.81. The van der Waals surface area contributed by atoms with Gasteiger partial charge in [-0.1, -0.05) is 0 Å². The van der Waals surface area contributed by atoms with E-state index in [-0.39, 0.29) is 12.3 Å². The Morgan fingerprint density at radius 2 is 2.26 bits per heavy atom. The van der Waals surface area contributed by atoms with E-state index in [9.17, 15) is 4.79 Å². The zero-order chi connectivity index (χ0) is 13.8. The molecular formula is C11H12N4O3S. The van der Waals surface area contributed by atoms with Gasteiger partial charge in [-0.2, -0.15) is 0 Å². The van der Waals surface area contributed by atoms with E-state index >= 15 is 0 Å². The molecule has 8 heteroatoms. The highest BCUT2D eigenvalue weighted by molar-refractivity contribution is 7.99. The molecule has 1 N–H and O–H groups in total. The average Bonchev–Trinajstić information content (AvgIpc) is 2.79. The van der Waals surface area contributed by atoms with Crippen molar-refractivity contribution in [3.63, 3.8) is 0 Å². The van der Waals surface area contributed by atoms with Gasteiger partial charge in [0, 0.05) is 7.05 Å². The molecule has 19 heavy (non-hydrogen) atoms. The molecule has 0 saturated heterocycles. The Labute approximate surface area is 113 Å². The number of nitrogens with zero attached hydrogens (tertiary/aromatic N) is 4. The number of aromatic nitrogens is 4. The van der Waals surface area contributed by atoms with Crippen LogP contribution in [0.2, 0.25) is 0 Å². The number of hydrogen-bond acceptors (Lipinski definition) is 7. The standard InChI is InChI=1S/C11H12N4O3S/c1-15-7(6-16)3-13-11(15)19-9-5-12-4-8(14-9)10(17)18-2/h3-5,16H,6H2,1-2H3. The van der Waals surface area contributed by atoms with Crippen molar-refractivity contribution in [2.45, 2.75) is 16.8 Å². The minimum Gasteiger partial charge on any atom is -0.464 e. The van der Waals surface area contributed by atoms with Gasteiger partial charge in [0.15, 0.2) is 10.9 Å². The highest BCUT2D eigenvalue weighted by atomic mass is 32.2. The molecule has 0 fully saturated rings. The molecule has 100 valence electrons. The van der Waals surface area contributed by atoms with Crippen molar-refractivity contribution in [2.75, 3.05) is 7.11 Å². The van der Waals surface area contributed by atoms with E-state index in [1.54, 1.807) is 17.8 Å². The third kappa shape index (κ3) is 2.91. The molecule has 2 heterocycles. The highest BCUT2D eigenvalue weighted by Crippen LogP contribution is 2.24. The van der Waals surface area contributed by atoms with Crippen LogP contribution in [0.25, 0.3) is 0 Å². The van der Waals surface area contributed by atoms with Crippen LogP contribution in [0.4, 0.5) is 0 Å². The summed E-state index contributed by atoms with van der Waals surface area (Å²) in [5, 5.41) is 10.3. The Kier molecular flexibility index (Phi) is 4.13. The van der Waals surface area contributed by atoms with E-state index in [4.69, 9.17) is 5.11 Å². The first kappa shape index (κ1) is 13.5. The van der Waals surface area contributed by atoms with Gasteiger partial charge in [-0.05, 0) is 11.8 Å². The number of carbonyl (C=O) groups is 1. The third-order valence-electron chi connectivity index (χ3n) is 2.41. The summed E-state index contributed by atoms with van der Waals surface area (Å²) in [4.78, 5) is 23.6. The molecule has 0 aromatic carbocycles. The summed E-state index contributed by atoms with van der Waals surface area (Å²) in [5.41, 5.74) is 0.837. The number of aliphatic hydroxyl groups excluding tert-OH is 1. The molecule has 0 bridgehead atoms. The largest absolute Gasteiger partial charge is 0.464 e. The van der Waals surface area contributed by atoms with Crippen molar-refractivity contribution in [1.82, 2.24) is 19.5 Å². The number of ether oxygens (including phenoxy) is 1. The number of hydrogen-bond donors (Lipinski definition) is 1. The van der Waals surface area contributed by atoms with E-state index in [0.29, 0.717) is 15.9 Å². The lowest BCUT2D eigenvalue weighted by Gasteiger charge is -2.04. The first-order valence-corrected chi connectivity index (χ1v) is 6.17. The smallest absolute Gasteiger partial charge is 0.358 e. The highest BCUT2D eigenvalue weighted by Gasteiger charge is 2.12. The summed E-state index contributed by atoms with van der Waals surface area (Å²) in [7, 11) is 3.08. The lowest BCUT2D eigenvalue weighted by molar-refractivity contribution is 0.0592. The number of rotatable bonds is 4. The van der Waals surface area contributed by atoms with Crippen LogP contribution in [-0.4, -0.2) is 37.7 Å². The molecule has 0 saturated carbocycles. The van der Waals surface area contributed by atoms with Crippen LogP contribution in [-0.2, 0) is 18.4 Å². The Hall–Kier alpha value is -1.93. The summed E-state index contributed by atoms with van der Waals surface area (Å²) >= 11 is 1.25. The molecule has 0 aliphatic carbocycles. The number of imidazole rings is 1. The topological polar surface area (TPSA) is 90.1 Å². The summed E-state index contributed by atoms with van der Waals surface area (Å²) in [6.07, 6.45) is 4.46. The van der Waals surface area contributed by atoms with E-state index < -0.39 is 5.97 Å². The summed E-state index contributed by atoms with van der Waals surface area (Å²) in [6, 6.07) is 0. The fraction of sp³-hybridized carbons (Fsp3) is 0.273. The minimum absolute atomic E-state index is 0.0854. The van der Waals surface area contributed by atoms with Crippen molar-refractivity contribution in [3.8, 4) is 0 Å². The zero-order valence-electron chi connectivity index (χ0n) is 10.4. The lowest BCUT2D eigenvalue weighted by atomic mass is 10.5. The van der Waals surface area contributed by atoms with Gasteiger partial charge in [-0.3, -0.25) is 4.98 Å². The van der Waals surface area contributed by atoms with E-state index in [0.717, 1.165) is 0 Å². The van der Waals surface area contributed by atoms with E-state index in [1.165, 1.54) is 31.3 Å². The van der Waals surface area contributed by atoms with Crippen LogP contribution >= 0.6 is 11.8 Å². The van der Waals surface area contributed by atoms with Gasteiger partial charge in [0.1, 0.15) is 5.03 Å². The SMILES string of the molecule is COC(=O)c1cncc(Sc2ncc(CO)n2C)n1. The van der Waals surface area contributed by atoms with Crippen LogP contribution < -0.4 is 0 Å². The molecule has 0 radical (unpaired) electrons. The molecular weight excluding hydrogens is 268 g/mol. The summed E-state index contributed by atoms with van der Waals surface area (Å²) in [6.45, 7) is -0.0854. The van der Waals surface area contributed by atoms with Crippen molar-refractivity contribution in [3.05, 3.63) is 30.0 Å². The first-order valence-electron chi connectivity index (χ1n) is 5.35. The molecule has 0 aliphatic rings. The fourth-order valence-electron chi connectivity index (χ4n) is 1.36. The van der Waals surface area contributed by atoms with E-state index in [1.807, 2.05) is 0 Å². The van der Waals surface area contributed by atoms with Crippen LogP contribution in [0.3, 0.4) is 0 Å². The summed E-state index contributed by atoms with van der Waals surface area (Å²) in [5.74, 6) is -0.536. The quantitative estimate of drug-likeness (QED) is 0.822. The van der Waals surface area contributed by atoms with Gasteiger partial charge < -0.3 is 14.4 Å². The van der Waals surface area contributed by atoms with Crippen LogP contribution in [0, 0.1) is 0 Å². The number of carbonyl (C=O) groups excluding carboxylic acids is 1. The predicted molar refractivity (Wildman–Crippen MR) is 66.6 cm³/mol. The number of aliphatic hydroxyl groups is 1. The van der Waals surface area contributed by atoms with Gasteiger partial charge in [-0.25, -0.2) is 14.8 Å². The molecule has 2 rings (SSSR count). The van der Waals surface area contributed by atoms with Crippen LogP contribution in [0.15, 0.2) is 28.8 Å². The molecule has 0 amide bonds. The Bertz CT molecular complexity index is 599. The third-order valence-corrected chi connectivity index (χ3v) is 3.37. The molecule has 2 aromatic rings. The molecule has 0 spiro atoms. The second-order valence-corrected chi connectivity index (χ2v) is 4.57. The fourth-order valence-corrected chi connectivity index (χ4v) is 2.17. The molecule has 0 unspecified atom stereocenters. The van der Waals surface area contributed by atoms with Crippen molar-refractivity contribution < 1.29 is 14.6 Å². The minimum atomic E-state index is -0.536. The van der Waals surface area contributed by atoms with Gasteiger partial charge in [0.25, 0.3) is 0 Å². The van der Waals surface area contributed by atoms with Gasteiger partial charge >= 0.3 is 5.97 Å². The Balaban J connectivity index is 2.23. The maximum absolute atomic E-state index is 11.3. The lowest BCUT2D eigenvalue weighted by Crippen LogP contribution is -2.05. The average molecular weight is 280 g/mol. The monoisotopic (exact) mass is 280 g/mol.